The van der Waals surface area contributed by atoms with Crippen LogP contribution in [0.25, 0.3) is 0 Å². The number of halogens is 1. The van der Waals surface area contributed by atoms with Crippen LogP contribution in [-0.4, -0.2) is 45.5 Å². The van der Waals surface area contributed by atoms with Crippen LogP contribution >= 0.6 is 0 Å². The number of hydrogen-bond donors (Lipinski definition) is 2. The number of hydrogen-bond acceptors (Lipinski definition) is 4. The molecule has 0 aromatic heterocycles. The topological polar surface area (TPSA) is 53.8 Å². The maximum absolute atomic E-state index is 14.1. The molecule has 0 spiro atoms. The van der Waals surface area contributed by atoms with Crippen LogP contribution in [0.1, 0.15) is 27.2 Å². The second-order valence-corrected chi connectivity index (χ2v) is 12.9. The van der Waals surface area contributed by atoms with Gasteiger partial charge < -0.3 is 9.84 Å². The first kappa shape index (κ1) is 21.4. The number of nitrogens with one attached hydrogen (secondary N) is 1. The standard InChI is InChI=1S/C16H33FN2O2Si/c1-13(2)9-15(16(17)11-19-14(3)20)10-18-12-21-7-8-22(4,5)6/h11,13-14,18,20H,7-10,12H2,1-6H3/b16-15+,19-11?. The van der Waals surface area contributed by atoms with Crippen LogP contribution in [0.4, 0.5) is 4.39 Å². The summed E-state index contributed by atoms with van der Waals surface area (Å²) >= 11 is 0. The highest BCUT2D eigenvalue weighted by atomic mass is 28.3. The minimum atomic E-state index is -1.06. The molecular formula is C16H33FN2O2Si. The number of aliphatic hydroxyl groups is 1. The van der Waals surface area contributed by atoms with Gasteiger partial charge in [0.2, 0.25) is 0 Å². The number of aliphatic imine (C=N–C) groups is 1. The Bertz CT molecular complexity index is 364. The highest BCUT2D eigenvalue weighted by Gasteiger charge is 2.12. The fraction of sp³-hybridized carbons (Fsp3) is 0.812. The third-order valence-electron chi connectivity index (χ3n) is 2.93. The van der Waals surface area contributed by atoms with E-state index in [0.717, 1.165) is 18.9 Å². The number of rotatable bonds is 11. The van der Waals surface area contributed by atoms with Gasteiger partial charge in [0.15, 0.2) is 0 Å². The van der Waals surface area contributed by atoms with Gasteiger partial charge in [-0.25, -0.2) is 4.39 Å². The van der Waals surface area contributed by atoms with Crippen LogP contribution in [0.5, 0.6) is 0 Å². The summed E-state index contributed by atoms with van der Waals surface area (Å²) in [6, 6.07) is 1.12. The van der Waals surface area contributed by atoms with Crippen LogP contribution < -0.4 is 5.32 Å². The molecule has 1 unspecified atom stereocenters. The Morgan fingerprint density at radius 3 is 2.45 bits per heavy atom. The zero-order valence-electron chi connectivity index (χ0n) is 14.9. The first-order valence-corrected chi connectivity index (χ1v) is 11.7. The minimum Gasteiger partial charge on any atom is -0.372 e. The molecule has 0 heterocycles. The molecule has 1 atom stereocenters. The molecule has 0 aliphatic heterocycles. The average Bonchev–Trinajstić information content (AvgIpc) is 2.36. The molecule has 0 aromatic carbocycles. The molecule has 4 nitrogen and oxygen atoms in total. The SMILES string of the molecule is CC(C)C/C(CNCOCC[Si](C)(C)C)=C(\F)C=NC(C)O. The van der Waals surface area contributed by atoms with E-state index in [2.05, 4.69) is 30.0 Å². The molecule has 0 fully saturated rings. The van der Waals surface area contributed by atoms with E-state index in [1.807, 2.05) is 13.8 Å². The number of ether oxygens (including phenoxy) is 1. The lowest BCUT2D eigenvalue weighted by atomic mass is 10.0. The van der Waals surface area contributed by atoms with Crippen molar-refractivity contribution in [2.45, 2.75) is 59.1 Å². The Morgan fingerprint density at radius 2 is 1.95 bits per heavy atom. The average molecular weight is 333 g/mol. The molecule has 6 heteroatoms. The zero-order chi connectivity index (χ0) is 17.2. The van der Waals surface area contributed by atoms with Gasteiger partial charge in [0, 0.05) is 21.2 Å². The van der Waals surface area contributed by atoms with Crippen molar-refractivity contribution in [1.82, 2.24) is 5.32 Å². The Balaban J connectivity index is 4.29. The summed E-state index contributed by atoms with van der Waals surface area (Å²) in [5, 5.41) is 12.2. The molecule has 0 bridgehead atoms. The van der Waals surface area contributed by atoms with E-state index in [1.54, 1.807) is 0 Å². The van der Waals surface area contributed by atoms with Crippen molar-refractivity contribution in [3.8, 4) is 0 Å². The second-order valence-electron chi connectivity index (χ2n) is 7.25. The van der Waals surface area contributed by atoms with Crippen LogP contribution in [0.15, 0.2) is 16.4 Å². The molecule has 0 aliphatic carbocycles. The molecule has 0 radical (unpaired) electrons. The summed E-state index contributed by atoms with van der Waals surface area (Å²) < 4.78 is 19.6. The Labute approximate surface area is 135 Å². The molecule has 0 saturated heterocycles. The molecule has 22 heavy (non-hydrogen) atoms. The van der Waals surface area contributed by atoms with E-state index >= 15 is 0 Å². The lowest BCUT2D eigenvalue weighted by Gasteiger charge is -2.16. The van der Waals surface area contributed by atoms with Crippen molar-refractivity contribution in [1.29, 1.82) is 0 Å². The summed E-state index contributed by atoms with van der Waals surface area (Å²) in [6.45, 7) is 14.1. The van der Waals surface area contributed by atoms with Crippen molar-refractivity contribution in [2.75, 3.05) is 19.9 Å². The number of allylic oxidation sites excluding steroid dienone is 1. The predicted octanol–water partition coefficient (Wildman–Crippen LogP) is 3.57. The van der Waals surface area contributed by atoms with E-state index < -0.39 is 14.3 Å². The quantitative estimate of drug-likeness (QED) is 0.263. The lowest BCUT2D eigenvalue weighted by Crippen LogP contribution is -2.26. The fourth-order valence-corrected chi connectivity index (χ4v) is 2.49. The predicted molar refractivity (Wildman–Crippen MR) is 94.7 cm³/mol. The molecule has 0 saturated carbocycles. The van der Waals surface area contributed by atoms with E-state index in [0.29, 0.717) is 31.2 Å². The van der Waals surface area contributed by atoms with Gasteiger partial charge in [-0.05, 0) is 30.9 Å². The second kappa shape index (κ2) is 11.0. The van der Waals surface area contributed by atoms with Crippen LogP contribution in [-0.2, 0) is 4.74 Å². The Hall–Kier alpha value is -0.563. The maximum atomic E-state index is 14.1. The summed E-state index contributed by atoms with van der Waals surface area (Å²) in [6.07, 6.45) is 0.874. The zero-order valence-corrected chi connectivity index (χ0v) is 15.9. The third kappa shape index (κ3) is 13.1. The van der Waals surface area contributed by atoms with Crippen LogP contribution in [0, 0.1) is 5.92 Å². The molecule has 2 N–H and O–H groups in total. The van der Waals surface area contributed by atoms with E-state index in [9.17, 15) is 4.39 Å². The summed E-state index contributed by atoms with van der Waals surface area (Å²) in [5.41, 5.74) is 0.660. The number of nitrogens with zero attached hydrogens (tertiary/aromatic N) is 1. The first-order chi connectivity index (χ1) is 10.1. The van der Waals surface area contributed by atoms with Crippen molar-refractivity contribution in [3.05, 3.63) is 11.4 Å². The van der Waals surface area contributed by atoms with E-state index in [4.69, 9.17) is 9.84 Å². The Morgan fingerprint density at radius 1 is 1.32 bits per heavy atom. The van der Waals surface area contributed by atoms with Gasteiger partial charge in [-0.2, -0.15) is 0 Å². The van der Waals surface area contributed by atoms with Crippen LogP contribution in [0.2, 0.25) is 25.7 Å². The molecule has 0 aliphatic rings. The van der Waals surface area contributed by atoms with E-state index in [1.165, 1.54) is 6.92 Å². The summed E-state index contributed by atoms with van der Waals surface area (Å²) in [7, 11) is -1.06. The van der Waals surface area contributed by atoms with Crippen molar-refractivity contribution in [2.24, 2.45) is 10.9 Å². The van der Waals surface area contributed by atoms with Gasteiger partial charge in [-0.15, -0.1) is 0 Å². The van der Waals surface area contributed by atoms with Crippen LogP contribution in [0.3, 0.4) is 0 Å². The highest BCUT2D eigenvalue weighted by Crippen LogP contribution is 2.15. The largest absolute Gasteiger partial charge is 0.372 e. The smallest absolute Gasteiger partial charge is 0.142 e. The maximum Gasteiger partial charge on any atom is 0.142 e. The van der Waals surface area contributed by atoms with Gasteiger partial charge >= 0.3 is 0 Å². The third-order valence-corrected chi connectivity index (χ3v) is 4.64. The fourth-order valence-electron chi connectivity index (χ4n) is 1.74. The molecule has 130 valence electrons. The van der Waals surface area contributed by atoms with Crippen molar-refractivity contribution < 1.29 is 14.2 Å². The monoisotopic (exact) mass is 332 g/mol. The summed E-state index contributed by atoms with van der Waals surface area (Å²) in [5.74, 6) is -0.0143. The van der Waals surface area contributed by atoms with Gasteiger partial charge in [-0.3, -0.25) is 10.3 Å². The van der Waals surface area contributed by atoms with Gasteiger partial charge in [-0.1, -0.05) is 33.5 Å². The Kier molecular flexibility index (Phi) is 10.8. The molecule has 0 rings (SSSR count). The van der Waals surface area contributed by atoms with Gasteiger partial charge in [0.1, 0.15) is 12.1 Å². The van der Waals surface area contributed by atoms with Crippen molar-refractivity contribution in [3.63, 3.8) is 0 Å². The minimum absolute atomic E-state index is 0.357. The van der Waals surface area contributed by atoms with Crippen molar-refractivity contribution >= 4 is 14.3 Å². The normalized spacial score (nSPS) is 15.5. The molecule has 0 aromatic rings. The lowest BCUT2D eigenvalue weighted by molar-refractivity contribution is 0.130. The molecule has 0 amide bonds. The van der Waals surface area contributed by atoms with Gasteiger partial charge in [0.05, 0.1) is 12.9 Å². The number of aliphatic hydroxyl groups excluding tert-OH is 1. The first-order valence-electron chi connectivity index (χ1n) is 7.99. The van der Waals surface area contributed by atoms with E-state index in [-0.39, 0.29) is 5.83 Å². The van der Waals surface area contributed by atoms with Gasteiger partial charge in [0.25, 0.3) is 0 Å². The molecular weight excluding hydrogens is 299 g/mol. The highest BCUT2D eigenvalue weighted by molar-refractivity contribution is 6.76. The summed E-state index contributed by atoms with van der Waals surface area (Å²) in [4.78, 5) is 3.68.